The van der Waals surface area contributed by atoms with Gasteiger partial charge in [-0.1, -0.05) is 12.1 Å². The standard InChI is InChI=1S/C16H21FN2O2/c1-12-8-14(2-3-15(12)17)9-18-16(21)10-19-6-4-13(11-20)5-7-19/h2-3,8,11,13H,4-7,9-10H2,1H3,(H,18,21). The number of nitrogens with zero attached hydrogens (tertiary/aromatic N) is 1. The zero-order valence-corrected chi connectivity index (χ0v) is 12.3. The third-order valence-corrected chi connectivity index (χ3v) is 3.90. The molecule has 1 aliphatic rings. The topological polar surface area (TPSA) is 49.4 Å². The summed E-state index contributed by atoms with van der Waals surface area (Å²) in [6.45, 7) is 4.04. The van der Waals surface area contributed by atoms with Crippen molar-refractivity contribution in [2.45, 2.75) is 26.3 Å². The fourth-order valence-corrected chi connectivity index (χ4v) is 2.52. The van der Waals surface area contributed by atoms with Gasteiger partial charge in [0.1, 0.15) is 12.1 Å². The lowest BCUT2D eigenvalue weighted by Crippen LogP contribution is -2.41. The molecule has 0 saturated carbocycles. The van der Waals surface area contributed by atoms with Crippen LogP contribution in [0.25, 0.3) is 0 Å². The summed E-state index contributed by atoms with van der Waals surface area (Å²) in [6, 6.07) is 4.84. The van der Waals surface area contributed by atoms with Crippen molar-refractivity contribution in [3.05, 3.63) is 35.1 Å². The van der Waals surface area contributed by atoms with Crippen LogP contribution >= 0.6 is 0 Å². The molecule has 4 nitrogen and oxygen atoms in total. The molecule has 5 heteroatoms. The second-order valence-corrected chi connectivity index (χ2v) is 5.61. The summed E-state index contributed by atoms with van der Waals surface area (Å²) < 4.78 is 13.1. The number of likely N-dealkylation sites (tertiary alicyclic amines) is 1. The molecule has 1 aliphatic heterocycles. The largest absolute Gasteiger partial charge is 0.351 e. The van der Waals surface area contributed by atoms with Gasteiger partial charge in [0.25, 0.3) is 0 Å². The molecule has 1 N–H and O–H groups in total. The maximum absolute atomic E-state index is 13.1. The Morgan fingerprint density at radius 2 is 2.14 bits per heavy atom. The number of nitrogens with one attached hydrogen (secondary N) is 1. The number of hydrogen-bond acceptors (Lipinski definition) is 3. The first-order chi connectivity index (χ1) is 10.1. The minimum absolute atomic E-state index is 0.0402. The predicted molar refractivity (Wildman–Crippen MR) is 78.2 cm³/mol. The maximum atomic E-state index is 13.1. The molecule has 0 bridgehead atoms. The van der Waals surface area contributed by atoms with Gasteiger partial charge in [-0.25, -0.2) is 4.39 Å². The van der Waals surface area contributed by atoms with Gasteiger partial charge in [0.15, 0.2) is 0 Å². The van der Waals surface area contributed by atoms with Crippen LogP contribution < -0.4 is 5.32 Å². The molecule has 114 valence electrons. The van der Waals surface area contributed by atoms with Crippen LogP contribution in [0.4, 0.5) is 4.39 Å². The first-order valence-electron chi connectivity index (χ1n) is 7.28. The van der Waals surface area contributed by atoms with E-state index >= 15 is 0 Å². The number of rotatable bonds is 5. The lowest BCUT2D eigenvalue weighted by Gasteiger charge is -2.28. The third-order valence-electron chi connectivity index (χ3n) is 3.90. The molecule has 0 unspecified atom stereocenters. The average molecular weight is 292 g/mol. The van der Waals surface area contributed by atoms with Crippen LogP contribution in [0.2, 0.25) is 0 Å². The van der Waals surface area contributed by atoms with Crippen molar-refractivity contribution in [3.63, 3.8) is 0 Å². The quantitative estimate of drug-likeness (QED) is 0.840. The van der Waals surface area contributed by atoms with Crippen LogP contribution in [0.1, 0.15) is 24.0 Å². The molecule has 0 spiro atoms. The predicted octanol–water partition coefficient (Wildman–Crippen LogP) is 1.66. The highest BCUT2D eigenvalue weighted by Crippen LogP contribution is 2.14. The summed E-state index contributed by atoms with van der Waals surface area (Å²) in [5.74, 6) is -0.129. The van der Waals surface area contributed by atoms with Gasteiger partial charge in [0.05, 0.1) is 6.54 Å². The van der Waals surface area contributed by atoms with Crippen molar-refractivity contribution in [1.82, 2.24) is 10.2 Å². The van der Waals surface area contributed by atoms with Crippen LogP contribution in [-0.2, 0) is 16.1 Å². The molecular formula is C16H21FN2O2. The van der Waals surface area contributed by atoms with Crippen LogP contribution in [0, 0.1) is 18.7 Å². The van der Waals surface area contributed by atoms with Gasteiger partial charge in [-0.3, -0.25) is 9.69 Å². The monoisotopic (exact) mass is 292 g/mol. The number of amides is 1. The van der Waals surface area contributed by atoms with Crippen molar-refractivity contribution in [2.75, 3.05) is 19.6 Å². The fourth-order valence-electron chi connectivity index (χ4n) is 2.52. The molecule has 1 amide bonds. The summed E-state index contributed by atoms with van der Waals surface area (Å²) in [5.41, 5.74) is 1.47. The molecule has 1 heterocycles. The fraction of sp³-hybridized carbons (Fsp3) is 0.500. The zero-order valence-electron chi connectivity index (χ0n) is 12.3. The molecule has 21 heavy (non-hydrogen) atoms. The average Bonchev–Trinajstić information content (AvgIpc) is 2.49. The number of hydrogen-bond donors (Lipinski definition) is 1. The van der Waals surface area contributed by atoms with E-state index in [4.69, 9.17) is 0 Å². The van der Waals surface area contributed by atoms with E-state index in [1.165, 1.54) is 6.07 Å². The van der Waals surface area contributed by atoms with Crippen molar-refractivity contribution in [1.29, 1.82) is 0 Å². The third kappa shape index (κ3) is 4.63. The van der Waals surface area contributed by atoms with Crippen LogP contribution in [-0.4, -0.2) is 36.7 Å². The highest BCUT2D eigenvalue weighted by molar-refractivity contribution is 5.78. The first-order valence-corrected chi connectivity index (χ1v) is 7.28. The molecule has 0 aliphatic carbocycles. The molecule has 1 aromatic rings. The van der Waals surface area contributed by atoms with E-state index in [1.54, 1.807) is 19.1 Å². The van der Waals surface area contributed by atoms with Crippen LogP contribution in [0.15, 0.2) is 18.2 Å². The molecular weight excluding hydrogens is 271 g/mol. The van der Waals surface area contributed by atoms with E-state index < -0.39 is 0 Å². The number of carbonyl (C=O) groups excluding carboxylic acids is 2. The van der Waals surface area contributed by atoms with Gasteiger partial charge in [0, 0.05) is 12.5 Å². The summed E-state index contributed by atoms with van der Waals surface area (Å²) in [6.07, 6.45) is 2.66. The second-order valence-electron chi connectivity index (χ2n) is 5.61. The Kier molecular flexibility index (Phi) is 5.44. The summed E-state index contributed by atoms with van der Waals surface area (Å²) >= 11 is 0. The van der Waals surface area contributed by atoms with Gasteiger partial charge < -0.3 is 10.1 Å². The Morgan fingerprint density at radius 3 is 2.76 bits per heavy atom. The lowest BCUT2D eigenvalue weighted by molar-refractivity contribution is -0.122. The van der Waals surface area contributed by atoms with E-state index in [-0.39, 0.29) is 17.6 Å². The lowest BCUT2D eigenvalue weighted by atomic mass is 9.99. The van der Waals surface area contributed by atoms with Crippen LogP contribution in [0.3, 0.4) is 0 Å². The molecule has 1 aromatic carbocycles. The first kappa shape index (κ1) is 15.6. The van der Waals surface area contributed by atoms with E-state index in [2.05, 4.69) is 10.2 Å². The Hall–Kier alpha value is -1.75. The number of halogens is 1. The number of piperidine rings is 1. The number of aryl methyl sites for hydroxylation is 1. The normalized spacial score (nSPS) is 16.7. The second kappa shape index (κ2) is 7.31. The van der Waals surface area contributed by atoms with E-state index in [9.17, 15) is 14.0 Å². The van der Waals surface area contributed by atoms with Crippen molar-refractivity contribution in [3.8, 4) is 0 Å². The van der Waals surface area contributed by atoms with Gasteiger partial charge in [0.2, 0.25) is 5.91 Å². The smallest absolute Gasteiger partial charge is 0.234 e. The highest BCUT2D eigenvalue weighted by Gasteiger charge is 2.20. The molecule has 1 fully saturated rings. The number of carbonyl (C=O) groups is 2. The van der Waals surface area contributed by atoms with E-state index in [1.807, 2.05) is 0 Å². The SMILES string of the molecule is Cc1cc(CNC(=O)CN2CCC(C=O)CC2)ccc1F. The van der Waals surface area contributed by atoms with E-state index in [0.717, 1.165) is 37.8 Å². The summed E-state index contributed by atoms with van der Waals surface area (Å²) in [5, 5.41) is 2.85. The van der Waals surface area contributed by atoms with Gasteiger partial charge in [-0.15, -0.1) is 0 Å². The Bertz CT molecular complexity index is 511. The number of benzene rings is 1. The van der Waals surface area contributed by atoms with Crippen molar-refractivity contribution in [2.24, 2.45) is 5.92 Å². The minimum atomic E-state index is -0.233. The molecule has 0 aromatic heterocycles. The summed E-state index contributed by atoms with van der Waals surface area (Å²) in [4.78, 5) is 24.6. The Balaban J connectivity index is 1.74. The van der Waals surface area contributed by atoms with E-state index in [0.29, 0.717) is 18.7 Å². The molecule has 0 atom stereocenters. The van der Waals surface area contributed by atoms with Crippen molar-refractivity contribution >= 4 is 12.2 Å². The summed E-state index contributed by atoms with van der Waals surface area (Å²) in [7, 11) is 0. The zero-order chi connectivity index (χ0) is 15.2. The molecule has 2 rings (SSSR count). The Morgan fingerprint density at radius 1 is 1.43 bits per heavy atom. The number of aldehydes is 1. The highest BCUT2D eigenvalue weighted by atomic mass is 19.1. The molecule has 1 saturated heterocycles. The van der Waals surface area contributed by atoms with Crippen molar-refractivity contribution < 1.29 is 14.0 Å². The van der Waals surface area contributed by atoms with Gasteiger partial charge >= 0.3 is 0 Å². The molecule has 0 radical (unpaired) electrons. The Labute approximate surface area is 124 Å². The maximum Gasteiger partial charge on any atom is 0.234 e. The minimum Gasteiger partial charge on any atom is -0.351 e. The van der Waals surface area contributed by atoms with Gasteiger partial charge in [-0.05, 0) is 50.0 Å². The van der Waals surface area contributed by atoms with Gasteiger partial charge in [-0.2, -0.15) is 0 Å². The van der Waals surface area contributed by atoms with Crippen LogP contribution in [0.5, 0.6) is 0 Å².